The molecule has 0 atom stereocenters. The Kier molecular flexibility index (Phi) is 6.37. The van der Waals surface area contributed by atoms with Crippen molar-refractivity contribution in [1.29, 1.82) is 0 Å². The van der Waals surface area contributed by atoms with Crippen molar-refractivity contribution in [3.05, 3.63) is 29.8 Å². The van der Waals surface area contributed by atoms with Crippen molar-refractivity contribution in [2.45, 2.75) is 11.8 Å². The summed E-state index contributed by atoms with van der Waals surface area (Å²) in [6.07, 6.45) is 0. The van der Waals surface area contributed by atoms with Gasteiger partial charge in [-0.2, -0.15) is 4.31 Å². The van der Waals surface area contributed by atoms with Crippen LogP contribution >= 0.6 is 0 Å². The number of nitrogens with two attached hydrogens (primary N) is 1. The minimum atomic E-state index is -3.77. The number of hydrogen-bond acceptors (Lipinski definition) is 5. The third-order valence-electron chi connectivity index (χ3n) is 2.53. The Morgan fingerprint density at radius 2 is 2.14 bits per heavy atom. The third kappa shape index (κ3) is 4.86. The van der Waals surface area contributed by atoms with Gasteiger partial charge in [-0.05, 0) is 25.1 Å². The molecule has 0 bridgehead atoms. The molecule has 0 spiro atoms. The van der Waals surface area contributed by atoms with Crippen molar-refractivity contribution >= 4 is 16.0 Å². The van der Waals surface area contributed by atoms with E-state index in [0.29, 0.717) is 5.56 Å². The van der Waals surface area contributed by atoms with Gasteiger partial charge in [-0.1, -0.05) is 17.9 Å². The van der Waals surface area contributed by atoms with Crippen molar-refractivity contribution in [2.75, 3.05) is 26.7 Å². The van der Waals surface area contributed by atoms with Crippen molar-refractivity contribution < 1.29 is 17.9 Å². The van der Waals surface area contributed by atoms with E-state index in [4.69, 9.17) is 10.5 Å². The summed E-state index contributed by atoms with van der Waals surface area (Å²) in [5, 5.41) is 0. The molecule has 7 heteroatoms. The van der Waals surface area contributed by atoms with Crippen LogP contribution in [0, 0.1) is 11.8 Å². The quantitative estimate of drug-likeness (QED) is 0.619. The van der Waals surface area contributed by atoms with Crippen LogP contribution in [0.3, 0.4) is 0 Å². The summed E-state index contributed by atoms with van der Waals surface area (Å²) in [7, 11) is -2.44. The molecule has 1 aromatic carbocycles. The van der Waals surface area contributed by atoms with E-state index in [2.05, 4.69) is 11.8 Å². The second-order valence-electron chi connectivity index (χ2n) is 4.10. The second-order valence-corrected chi connectivity index (χ2v) is 6.14. The molecule has 0 fully saturated rings. The Bertz CT molecular complexity index is 659. The predicted molar refractivity (Wildman–Crippen MR) is 78.8 cm³/mol. The van der Waals surface area contributed by atoms with E-state index in [9.17, 15) is 13.2 Å². The molecule has 0 aliphatic rings. The van der Waals surface area contributed by atoms with Crippen LogP contribution in [0.2, 0.25) is 0 Å². The fourth-order valence-corrected chi connectivity index (χ4v) is 2.70. The van der Waals surface area contributed by atoms with Gasteiger partial charge in [0.1, 0.15) is 6.54 Å². The lowest BCUT2D eigenvalue weighted by atomic mass is 10.2. The largest absolute Gasteiger partial charge is 0.465 e. The van der Waals surface area contributed by atoms with Gasteiger partial charge < -0.3 is 10.5 Å². The second kappa shape index (κ2) is 7.78. The van der Waals surface area contributed by atoms with Gasteiger partial charge in [0, 0.05) is 12.6 Å². The first kappa shape index (κ1) is 17.2. The molecule has 0 amide bonds. The van der Waals surface area contributed by atoms with Crippen LogP contribution in [0.25, 0.3) is 0 Å². The molecule has 1 rings (SSSR count). The Hall–Kier alpha value is -1.88. The highest BCUT2D eigenvalue weighted by atomic mass is 32.2. The lowest BCUT2D eigenvalue weighted by Crippen LogP contribution is -2.33. The van der Waals surface area contributed by atoms with Gasteiger partial charge in [0.25, 0.3) is 0 Å². The van der Waals surface area contributed by atoms with Crippen molar-refractivity contribution in [3.8, 4) is 11.8 Å². The van der Waals surface area contributed by atoms with E-state index in [1.54, 1.807) is 19.1 Å². The molecular formula is C14H18N2O4S. The summed E-state index contributed by atoms with van der Waals surface area (Å²) >= 11 is 0. The molecule has 6 nitrogen and oxygen atoms in total. The van der Waals surface area contributed by atoms with E-state index < -0.39 is 16.0 Å². The highest BCUT2D eigenvalue weighted by Gasteiger charge is 2.23. The average Bonchev–Trinajstić information content (AvgIpc) is 2.45. The maximum absolute atomic E-state index is 12.3. The zero-order chi connectivity index (χ0) is 15.9. The number of likely N-dealkylation sites (N-methyl/N-ethyl adjacent to an activating group) is 1. The first-order chi connectivity index (χ1) is 9.91. The van der Waals surface area contributed by atoms with Crippen LogP contribution in [0.1, 0.15) is 12.5 Å². The molecule has 2 N–H and O–H groups in total. The van der Waals surface area contributed by atoms with Gasteiger partial charge in [-0.3, -0.25) is 4.79 Å². The number of carbonyl (C=O) groups is 1. The lowest BCUT2D eigenvalue weighted by molar-refractivity contribution is -0.143. The van der Waals surface area contributed by atoms with Crippen LogP contribution < -0.4 is 5.73 Å². The molecule has 0 saturated heterocycles. The van der Waals surface area contributed by atoms with Gasteiger partial charge in [0.2, 0.25) is 10.0 Å². The van der Waals surface area contributed by atoms with Gasteiger partial charge >= 0.3 is 5.97 Å². The molecule has 0 radical (unpaired) electrons. The molecular weight excluding hydrogens is 292 g/mol. The van der Waals surface area contributed by atoms with Crippen LogP contribution in [-0.4, -0.2) is 45.4 Å². The zero-order valence-electron chi connectivity index (χ0n) is 12.0. The minimum absolute atomic E-state index is 0.0677. The molecule has 0 aromatic heterocycles. The van der Waals surface area contributed by atoms with E-state index in [0.717, 1.165) is 4.31 Å². The number of rotatable bonds is 5. The lowest BCUT2D eigenvalue weighted by Gasteiger charge is -2.16. The first-order valence-corrected chi connectivity index (χ1v) is 7.76. The standard InChI is InChI=1S/C14H18N2O4S/c1-3-20-14(17)11-16(2)21(18,19)13-8-4-6-12(10-13)7-5-9-15/h4,6,8,10H,3,9,11,15H2,1-2H3. The monoisotopic (exact) mass is 310 g/mol. The SMILES string of the molecule is CCOC(=O)CN(C)S(=O)(=O)c1cccc(C#CCN)c1. The minimum Gasteiger partial charge on any atom is -0.465 e. The number of ether oxygens (including phenoxy) is 1. The number of esters is 1. The first-order valence-electron chi connectivity index (χ1n) is 6.32. The molecule has 0 aliphatic carbocycles. The highest BCUT2D eigenvalue weighted by molar-refractivity contribution is 7.89. The van der Waals surface area contributed by atoms with E-state index >= 15 is 0 Å². The average molecular weight is 310 g/mol. The number of carbonyl (C=O) groups excluding carboxylic acids is 1. The molecule has 0 heterocycles. The molecule has 1 aromatic rings. The summed E-state index contributed by atoms with van der Waals surface area (Å²) in [6, 6.07) is 6.17. The molecule has 0 unspecified atom stereocenters. The maximum atomic E-state index is 12.3. The molecule has 21 heavy (non-hydrogen) atoms. The number of nitrogens with zero attached hydrogens (tertiary/aromatic N) is 1. The smallest absolute Gasteiger partial charge is 0.321 e. The zero-order valence-corrected chi connectivity index (χ0v) is 12.8. The number of sulfonamides is 1. The summed E-state index contributed by atoms with van der Waals surface area (Å²) in [5.74, 6) is 4.83. The van der Waals surface area contributed by atoms with Gasteiger partial charge in [0.05, 0.1) is 18.0 Å². The number of hydrogen-bond donors (Lipinski definition) is 1. The van der Waals surface area contributed by atoms with Gasteiger partial charge in [-0.15, -0.1) is 0 Å². The molecule has 114 valence electrons. The predicted octanol–water partition coefficient (Wildman–Crippen LogP) is 0.180. The van der Waals surface area contributed by atoms with Crippen LogP contribution in [0.15, 0.2) is 29.2 Å². The summed E-state index contributed by atoms with van der Waals surface area (Å²) in [6.45, 7) is 1.72. The van der Waals surface area contributed by atoms with E-state index in [1.165, 1.54) is 19.2 Å². The van der Waals surface area contributed by atoms with E-state index in [1.807, 2.05) is 0 Å². The summed E-state index contributed by atoms with van der Waals surface area (Å²) < 4.78 is 30.4. The van der Waals surface area contributed by atoms with Crippen LogP contribution in [0.4, 0.5) is 0 Å². The Morgan fingerprint density at radius 1 is 1.43 bits per heavy atom. The fraction of sp³-hybridized carbons (Fsp3) is 0.357. The van der Waals surface area contributed by atoms with Crippen molar-refractivity contribution in [1.82, 2.24) is 4.31 Å². The fourth-order valence-electron chi connectivity index (χ4n) is 1.54. The van der Waals surface area contributed by atoms with Crippen LogP contribution in [0.5, 0.6) is 0 Å². The van der Waals surface area contributed by atoms with Gasteiger partial charge in [-0.25, -0.2) is 8.42 Å². The van der Waals surface area contributed by atoms with E-state index in [-0.39, 0.29) is 24.6 Å². The maximum Gasteiger partial charge on any atom is 0.321 e. The van der Waals surface area contributed by atoms with Gasteiger partial charge in [0.15, 0.2) is 0 Å². The topological polar surface area (TPSA) is 89.7 Å². The van der Waals surface area contributed by atoms with Crippen molar-refractivity contribution in [3.63, 3.8) is 0 Å². The third-order valence-corrected chi connectivity index (χ3v) is 4.33. The Morgan fingerprint density at radius 3 is 2.76 bits per heavy atom. The normalized spacial score (nSPS) is 10.9. The molecule has 0 saturated carbocycles. The Labute approximate surface area is 124 Å². The van der Waals surface area contributed by atoms with Crippen LogP contribution in [-0.2, 0) is 19.6 Å². The summed E-state index contributed by atoms with van der Waals surface area (Å²) in [4.78, 5) is 11.4. The Balaban J connectivity index is 2.99. The summed E-state index contributed by atoms with van der Waals surface area (Å²) in [5.41, 5.74) is 5.83. The number of benzene rings is 1. The molecule has 0 aliphatic heterocycles. The highest BCUT2D eigenvalue weighted by Crippen LogP contribution is 2.15. The van der Waals surface area contributed by atoms with Crippen molar-refractivity contribution in [2.24, 2.45) is 5.73 Å².